The Morgan fingerprint density at radius 2 is 2.29 bits per heavy atom. The second-order valence-corrected chi connectivity index (χ2v) is 3.23. The second kappa shape index (κ2) is 6.38. The molecule has 0 atom stereocenters. The topological polar surface area (TPSA) is 34.1 Å². The fraction of sp³-hybridized carbons (Fsp3) is 0.545. The summed E-state index contributed by atoms with van der Waals surface area (Å²) in [4.78, 5) is 4.10. The maximum absolute atomic E-state index is 5.53. The average molecular weight is 194 g/mol. The van der Waals surface area contributed by atoms with E-state index in [-0.39, 0.29) is 0 Å². The van der Waals surface area contributed by atoms with Crippen molar-refractivity contribution in [2.24, 2.45) is 0 Å². The van der Waals surface area contributed by atoms with Gasteiger partial charge in [-0.2, -0.15) is 0 Å². The van der Waals surface area contributed by atoms with Crippen LogP contribution in [0.3, 0.4) is 0 Å². The van der Waals surface area contributed by atoms with Crippen LogP contribution in [0.4, 0.5) is 0 Å². The minimum Gasteiger partial charge on any atom is -0.492 e. The first-order valence-electron chi connectivity index (χ1n) is 5.09. The summed E-state index contributed by atoms with van der Waals surface area (Å²) in [7, 11) is 0. The van der Waals surface area contributed by atoms with Gasteiger partial charge in [-0.15, -0.1) is 0 Å². The van der Waals surface area contributed by atoms with E-state index in [1.165, 1.54) is 0 Å². The number of hydrogen-bond donors (Lipinski definition) is 1. The van der Waals surface area contributed by atoms with Crippen LogP contribution in [0, 0.1) is 6.92 Å². The van der Waals surface area contributed by atoms with Crippen LogP contribution >= 0.6 is 0 Å². The molecule has 0 fully saturated rings. The molecule has 0 bridgehead atoms. The molecule has 1 N–H and O–H groups in total. The molecule has 3 heteroatoms. The van der Waals surface area contributed by atoms with Gasteiger partial charge >= 0.3 is 0 Å². The average Bonchev–Trinajstić information content (AvgIpc) is 2.18. The van der Waals surface area contributed by atoms with Gasteiger partial charge in [0.1, 0.15) is 12.4 Å². The summed E-state index contributed by atoms with van der Waals surface area (Å²) in [5.41, 5.74) is 0.990. The predicted molar refractivity (Wildman–Crippen MR) is 57.6 cm³/mol. The minimum absolute atomic E-state index is 0.712. The summed E-state index contributed by atoms with van der Waals surface area (Å²) >= 11 is 0. The van der Waals surface area contributed by atoms with E-state index in [0.717, 1.165) is 31.0 Å². The molecule has 0 amide bonds. The highest BCUT2D eigenvalue weighted by molar-refractivity contribution is 5.21. The molecule has 0 saturated heterocycles. The van der Waals surface area contributed by atoms with Crippen molar-refractivity contribution in [2.75, 3.05) is 19.7 Å². The molecule has 1 rings (SSSR count). The lowest BCUT2D eigenvalue weighted by molar-refractivity contribution is 0.313. The zero-order chi connectivity index (χ0) is 10.2. The van der Waals surface area contributed by atoms with E-state index in [1.54, 1.807) is 6.20 Å². The molecule has 0 aliphatic rings. The monoisotopic (exact) mass is 194 g/mol. The summed E-state index contributed by atoms with van der Waals surface area (Å²) in [5, 5.41) is 3.28. The lowest BCUT2D eigenvalue weighted by atomic mass is 10.3. The van der Waals surface area contributed by atoms with Gasteiger partial charge in [-0.05, 0) is 26.0 Å². The zero-order valence-corrected chi connectivity index (χ0v) is 8.92. The molecule has 0 spiro atoms. The maximum Gasteiger partial charge on any atom is 0.122 e. The Balaban J connectivity index is 2.18. The predicted octanol–water partition coefficient (Wildman–Crippen LogP) is 1.77. The number of nitrogens with zero attached hydrogens (tertiary/aromatic N) is 1. The summed E-state index contributed by atoms with van der Waals surface area (Å²) in [5.74, 6) is 0.899. The van der Waals surface area contributed by atoms with Gasteiger partial charge in [-0.1, -0.05) is 6.92 Å². The molecule has 0 unspecified atom stereocenters. The van der Waals surface area contributed by atoms with Crippen molar-refractivity contribution >= 4 is 0 Å². The van der Waals surface area contributed by atoms with E-state index < -0.39 is 0 Å². The number of aryl methyl sites for hydroxylation is 1. The normalized spacial score (nSPS) is 10.1. The van der Waals surface area contributed by atoms with Crippen LogP contribution in [0.5, 0.6) is 5.75 Å². The third-order valence-electron chi connectivity index (χ3n) is 1.84. The van der Waals surface area contributed by atoms with Crippen LogP contribution in [-0.2, 0) is 0 Å². The number of aromatic nitrogens is 1. The van der Waals surface area contributed by atoms with E-state index in [2.05, 4.69) is 17.2 Å². The van der Waals surface area contributed by atoms with Gasteiger partial charge in [-0.3, -0.25) is 4.98 Å². The van der Waals surface area contributed by atoms with Gasteiger partial charge in [0.05, 0.1) is 0 Å². The molecule has 0 saturated carbocycles. The fourth-order valence-electron chi connectivity index (χ4n) is 1.15. The van der Waals surface area contributed by atoms with E-state index in [0.29, 0.717) is 6.61 Å². The number of hydrogen-bond acceptors (Lipinski definition) is 3. The molecule has 78 valence electrons. The molecule has 0 aliphatic carbocycles. The first-order valence-corrected chi connectivity index (χ1v) is 5.09. The van der Waals surface area contributed by atoms with Crippen LogP contribution in [-0.4, -0.2) is 24.7 Å². The molecule has 1 aromatic heterocycles. The van der Waals surface area contributed by atoms with Crippen molar-refractivity contribution in [3.05, 3.63) is 24.0 Å². The number of rotatable bonds is 6. The molecule has 14 heavy (non-hydrogen) atoms. The van der Waals surface area contributed by atoms with Crippen molar-refractivity contribution in [3.8, 4) is 5.75 Å². The Kier molecular flexibility index (Phi) is 5.00. The van der Waals surface area contributed by atoms with Crippen LogP contribution in [0.1, 0.15) is 19.0 Å². The number of ether oxygens (including phenoxy) is 1. The molecule has 1 heterocycles. The van der Waals surface area contributed by atoms with Gasteiger partial charge in [-0.25, -0.2) is 0 Å². The Morgan fingerprint density at radius 3 is 3.00 bits per heavy atom. The zero-order valence-electron chi connectivity index (χ0n) is 8.92. The van der Waals surface area contributed by atoms with E-state index >= 15 is 0 Å². The fourth-order valence-corrected chi connectivity index (χ4v) is 1.15. The van der Waals surface area contributed by atoms with Crippen LogP contribution in [0.2, 0.25) is 0 Å². The van der Waals surface area contributed by atoms with Gasteiger partial charge in [0.2, 0.25) is 0 Å². The molecular formula is C11H18N2O. The summed E-state index contributed by atoms with van der Waals surface area (Å²) in [6.07, 6.45) is 2.93. The van der Waals surface area contributed by atoms with Crippen molar-refractivity contribution in [2.45, 2.75) is 20.3 Å². The van der Waals surface area contributed by atoms with Crippen molar-refractivity contribution in [3.63, 3.8) is 0 Å². The van der Waals surface area contributed by atoms with Crippen LogP contribution in [0.25, 0.3) is 0 Å². The van der Waals surface area contributed by atoms with E-state index in [1.807, 2.05) is 19.1 Å². The molecular weight excluding hydrogens is 176 g/mol. The number of nitrogens with one attached hydrogen (secondary N) is 1. The highest BCUT2D eigenvalue weighted by atomic mass is 16.5. The quantitative estimate of drug-likeness (QED) is 0.701. The summed E-state index contributed by atoms with van der Waals surface area (Å²) in [6.45, 7) is 6.78. The molecule has 0 radical (unpaired) electrons. The lowest BCUT2D eigenvalue weighted by Crippen LogP contribution is -2.21. The SMILES string of the molecule is CCCNCCOc1ccnc(C)c1. The summed E-state index contributed by atoms with van der Waals surface area (Å²) in [6, 6.07) is 3.83. The third-order valence-corrected chi connectivity index (χ3v) is 1.84. The van der Waals surface area contributed by atoms with Crippen molar-refractivity contribution in [1.82, 2.24) is 10.3 Å². The summed E-state index contributed by atoms with van der Waals surface area (Å²) < 4.78 is 5.53. The smallest absolute Gasteiger partial charge is 0.122 e. The molecule has 0 aliphatic heterocycles. The number of pyridine rings is 1. The Hall–Kier alpha value is -1.09. The van der Waals surface area contributed by atoms with Gasteiger partial charge in [0, 0.05) is 24.5 Å². The highest BCUT2D eigenvalue weighted by Gasteiger charge is 1.93. The largest absolute Gasteiger partial charge is 0.492 e. The van der Waals surface area contributed by atoms with Gasteiger partial charge in [0.25, 0.3) is 0 Å². The molecule has 0 aromatic carbocycles. The maximum atomic E-state index is 5.53. The van der Waals surface area contributed by atoms with Crippen molar-refractivity contribution in [1.29, 1.82) is 0 Å². The van der Waals surface area contributed by atoms with E-state index in [9.17, 15) is 0 Å². The van der Waals surface area contributed by atoms with Gasteiger partial charge < -0.3 is 10.1 Å². The van der Waals surface area contributed by atoms with Crippen molar-refractivity contribution < 1.29 is 4.74 Å². The standard InChI is InChI=1S/C11H18N2O/c1-3-5-12-7-8-14-11-4-6-13-10(2)9-11/h4,6,9,12H,3,5,7-8H2,1-2H3. The lowest BCUT2D eigenvalue weighted by Gasteiger charge is -2.06. The van der Waals surface area contributed by atoms with E-state index in [4.69, 9.17) is 4.74 Å². The minimum atomic E-state index is 0.712. The first-order chi connectivity index (χ1) is 6.83. The molecule has 3 nitrogen and oxygen atoms in total. The van der Waals surface area contributed by atoms with Gasteiger partial charge in [0.15, 0.2) is 0 Å². The Bertz CT molecular complexity index is 263. The first kappa shape index (κ1) is 11.0. The third kappa shape index (κ3) is 4.23. The Labute approximate surface area is 85.5 Å². The second-order valence-electron chi connectivity index (χ2n) is 3.23. The van der Waals surface area contributed by atoms with Crippen LogP contribution in [0.15, 0.2) is 18.3 Å². The molecule has 1 aromatic rings. The van der Waals surface area contributed by atoms with Crippen LogP contribution < -0.4 is 10.1 Å². The Morgan fingerprint density at radius 1 is 1.43 bits per heavy atom. The highest BCUT2D eigenvalue weighted by Crippen LogP contribution is 2.09.